The molecule has 1 saturated heterocycles. The van der Waals surface area contributed by atoms with Crippen molar-refractivity contribution in [3.05, 3.63) is 35.9 Å². The average Bonchev–Trinajstić information content (AvgIpc) is 2.39. The quantitative estimate of drug-likeness (QED) is 0.868. The lowest BCUT2D eigenvalue weighted by atomic mass is 10.1. The van der Waals surface area contributed by atoms with Gasteiger partial charge in [-0.1, -0.05) is 30.3 Å². The molecule has 92 valence electrons. The molecule has 0 radical (unpaired) electrons. The fourth-order valence-corrected chi connectivity index (χ4v) is 3.05. The van der Waals surface area contributed by atoms with Gasteiger partial charge in [-0.3, -0.25) is 4.79 Å². The molecule has 17 heavy (non-hydrogen) atoms. The van der Waals surface area contributed by atoms with Crippen LogP contribution < -0.4 is 5.73 Å². The Balaban J connectivity index is 2.09. The van der Waals surface area contributed by atoms with Crippen LogP contribution >= 0.6 is 11.8 Å². The van der Waals surface area contributed by atoms with Crippen LogP contribution in [0.3, 0.4) is 0 Å². The van der Waals surface area contributed by atoms with Crippen LogP contribution in [-0.4, -0.2) is 34.9 Å². The third-order valence-corrected chi connectivity index (χ3v) is 4.26. The Bertz CT molecular complexity index is 382. The summed E-state index contributed by atoms with van der Waals surface area (Å²) in [6, 6.07) is 9.34. The number of amides is 1. The number of benzene rings is 1. The van der Waals surface area contributed by atoms with Gasteiger partial charge in [0.05, 0.1) is 0 Å². The summed E-state index contributed by atoms with van der Waals surface area (Å²) >= 11 is 1.90. The Morgan fingerprint density at radius 1 is 1.47 bits per heavy atom. The first-order valence-corrected chi connectivity index (χ1v) is 7.04. The van der Waals surface area contributed by atoms with Gasteiger partial charge in [0.15, 0.2) is 0 Å². The van der Waals surface area contributed by atoms with Crippen molar-refractivity contribution in [3.63, 3.8) is 0 Å². The molecule has 4 heteroatoms. The molecule has 1 aliphatic heterocycles. The molecule has 1 aliphatic rings. The molecule has 0 aliphatic carbocycles. The van der Waals surface area contributed by atoms with E-state index in [1.54, 1.807) is 0 Å². The zero-order valence-corrected chi connectivity index (χ0v) is 10.8. The normalized spacial score (nSPS) is 22.2. The van der Waals surface area contributed by atoms with Crippen molar-refractivity contribution < 1.29 is 4.79 Å². The molecule has 2 atom stereocenters. The molecule has 1 fully saturated rings. The second-order valence-corrected chi connectivity index (χ2v) is 5.49. The molecule has 1 aromatic rings. The molecular weight excluding hydrogens is 232 g/mol. The van der Waals surface area contributed by atoms with E-state index in [2.05, 4.69) is 6.92 Å². The number of carbonyl (C=O) groups excluding carboxylic acids is 1. The molecule has 0 aromatic heterocycles. The van der Waals surface area contributed by atoms with Crippen LogP contribution in [0, 0.1) is 0 Å². The zero-order chi connectivity index (χ0) is 12.3. The summed E-state index contributed by atoms with van der Waals surface area (Å²) in [7, 11) is 0. The highest BCUT2D eigenvalue weighted by atomic mass is 32.2. The topological polar surface area (TPSA) is 46.3 Å². The van der Waals surface area contributed by atoms with Gasteiger partial charge < -0.3 is 10.6 Å². The second-order valence-electron chi connectivity index (χ2n) is 4.34. The minimum absolute atomic E-state index is 0.0454. The Kier molecular flexibility index (Phi) is 4.07. The monoisotopic (exact) mass is 250 g/mol. The number of thioether (sulfide) groups is 1. The number of hydrogen-bond acceptors (Lipinski definition) is 3. The minimum atomic E-state index is -0.526. The van der Waals surface area contributed by atoms with E-state index >= 15 is 0 Å². The lowest BCUT2D eigenvalue weighted by Gasteiger charge is -2.34. The van der Waals surface area contributed by atoms with Crippen LogP contribution in [0.15, 0.2) is 30.3 Å². The zero-order valence-electron chi connectivity index (χ0n) is 10.0. The maximum absolute atomic E-state index is 12.3. The molecule has 2 rings (SSSR count). The Labute approximate surface area is 106 Å². The molecule has 1 amide bonds. The summed E-state index contributed by atoms with van der Waals surface area (Å²) in [5.41, 5.74) is 6.93. The van der Waals surface area contributed by atoms with Crippen molar-refractivity contribution in [2.45, 2.75) is 19.0 Å². The van der Waals surface area contributed by atoms with Crippen LogP contribution in [0.4, 0.5) is 0 Å². The summed E-state index contributed by atoms with van der Waals surface area (Å²) < 4.78 is 0. The Morgan fingerprint density at radius 2 is 2.18 bits per heavy atom. The van der Waals surface area contributed by atoms with Gasteiger partial charge in [0.2, 0.25) is 5.91 Å². The average molecular weight is 250 g/mol. The third-order valence-electron chi connectivity index (χ3n) is 3.08. The minimum Gasteiger partial charge on any atom is -0.337 e. The molecule has 0 bridgehead atoms. The van der Waals surface area contributed by atoms with Gasteiger partial charge in [-0.15, -0.1) is 0 Å². The largest absolute Gasteiger partial charge is 0.337 e. The smallest absolute Gasteiger partial charge is 0.244 e. The van der Waals surface area contributed by atoms with Crippen molar-refractivity contribution in [3.8, 4) is 0 Å². The van der Waals surface area contributed by atoms with Gasteiger partial charge in [0, 0.05) is 24.1 Å². The first-order chi connectivity index (χ1) is 8.20. The molecule has 0 saturated carbocycles. The van der Waals surface area contributed by atoms with Crippen molar-refractivity contribution in [1.29, 1.82) is 0 Å². The van der Waals surface area contributed by atoms with E-state index in [1.165, 1.54) is 0 Å². The Hall–Kier alpha value is -1.00. The first-order valence-electron chi connectivity index (χ1n) is 5.89. The predicted molar refractivity (Wildman–Crippen MR) is 71.9 cm³/mol. The highest BCUT2D eigenvalue weighted by Crippen LogP contribution is 2.20. The third kappa shape index (κ3) is 2.82. The molecule has 1 aromatic carbocycles. The molecular formula is C13H18N2OS. The lowest BCUT2D eigenvalue weighted by molar-refractivity contribution is -0.134. The first kappa shape index (κ1) is 12.5. The van der Waals surface area contributed by atoms with Crippen LogP contribution in [0.25, 0.3) is 0 Å². The van der Waals surface area contributed by atoms with Crippen molar-refractivity contribution in [1.82, 2.24) is 4.90 Å². The number of nitrogens with zero attached hydrogens (tertiary/aromatic N) is 1. The number of carbonyl (C=O) groups is 1. The van der Waals surface area contributed by atoms with E-state index < -0.39 is 6.04 Å². The van der Waals surface area contributed by atoms with Gasteiger partial charge in [0.1, 0.15) is 6.04 Å². The summed E-state index contributed by atoms with van der Waals surface area (Å²) in [5, 5.41) is 0. The van der Waals surface area contributed by atoms with Gasteiger partial charge in [-0.05, 0) is 12.5 Å². The van der Waals surface area contributed by atoms with Gasteiger partial charge >= 0.3 is 0 Å². The van der Waals surface area contributed by atoms with Crippen LogP contribution in [-0.2, 0) is 4.79 Å². The highest BCUT2D eigenvalue weighted by molar-refractivity contribution is 7.99. The number of rotatable bonds is 2. The Morgan fingerprint density at radius 3 is 2.82 bits per heavy atom. The van der Waals surface area contributed by atoms with E-state index in [9.17, 15) is 4.79 Å². The standard InChI is InChI=1S/C13H18N2OS/c1-10-9-17-8-7-15(10)13(16)12(14)11-5-3-2-4-6-11/h2-6,10,12H,7-9,14H2,1H3/t10?,12-/m0/s1. The number of hydrogen-bond donors (Lipinski definition) is 1. The predicted octanol–water partition coefficient (Wildman–Crippen LogP) is 1.65. The van der Waals surface area contributed by atoms with Gasteiger partial charge in [-0.2, -0.15) is 11.8 Å². The molecule has 1 unspecified atom stereocenters. The van der Waals surface area contributed by atoms with Gasteiger partial charge in [-0.25, -0.2) is 0 Å². The fraction of sp³-hybridized carbons (Fsp3) is 0.462. The summed E-state index contributed by atoms with van der Waals surface area (Å²) in [5.74, 6) is 2.06. The van der Waals surface area contributed by atoms with Crippen LogP contribution in [0.1, 0.15) is 18.5 Å². The number of nitrogens with two attached hydrogens (primary N) is 1. The van der Waals surface area contributed by atoms with E-state index in [1.807, 2.05) is 47.0 Å². The molecule has 3 nitrogen and oxygen atoms in total. The van der Waals surface area contributed by atoms with Crippen molar-refractivity contribution in [2.24, 2.45) is 5.73 Å². The van der Waals surface area contributed by atoms with Crippen LogP contribution in [0.5, 0.6) is 0 Å². The molecule has 1 heterocycles. The maximum Gasteiger partial charge on any atom is 0.244 e. The summed E-state index contributed by atoms with van der Waals surface area (Å²) in [4.78, 5) is 14.2. The lowest BCUT2D eigenvalue weighted by Crippen LogP contribution is -2.48. The summed E-state index contributed by atoms with van der Waals surface area (Å²) in [6.45, 7) is 2.90. The van der Waals surface area contributed by atoms with E-state index in [0.29, 0.717) is 0 Å². The molecule has 0 spiro atoms. The van der Waals surface area contributed by atoms with Crippen LogP contribution in [0.2, 0.25) is 0 Å². The fourth-order valence-electron chi connectivity index (χ4n) is 2.04. The maximum atomic E-state index is 12.3. The van der Waals surface area contributed by atoms with E-state index in [0.717, 1.165) is 23.6 Å². The SMILES string of the molecule is CC1CSCCN1C(=O)[C@@H](N)c1ccccc1. The van der Waals surface area contributed by atoms with Crippen molar-refractivity contribution >= 4 is 17.7 Å². The van der Waals surface area contributed by atoms with Crippen molar-refractivity contribution in [2.75, 3.05) is 18.1 Å². The second kappa shape index (κ2) is 5.56. The molecule has 2 N–H and O–H groups in total. The van der Waals surface area contributed by atoms with E-state index in [-0.39, 0.29) is 11.9 Å². The van der Waals surface area contributed by atoms with Gasteiger partial charge in [0.25, 0.3) is 0 Å². The highest BCUT2D eigenvalue weighted by Gasteiger charge is 2.28. The van der Waals surface area contributed by atoms with E-state index in [4.69, 9.17) is 5.73 Å². The summed E-state index contributed by atoms with van der Waals surface area (Å²) in [6.07, 6.45) is 0.